The smallest absolute Gasteiger partial charge is 0.242 e. The molecule has 1 N–H and O–H groups in total. The van der Waals surface area contributed by atoms with E-state index in [1.54, 1.807) is 16.7 Å². The minimum Gasteiger partial charge on any atom is -0.354 e. The molecule has 2 rings (SSSR count). The fourth-order valence-corrected chi connectivity index (χ4v) is 3.91. The van der Waals surface area contributed by atoms with Crippen LogP contribution in [-0.2, 0) is 21.9 Å². The number of thioether (sulfide) groups is 1. The number of nitrogens with one attached hydrogen (secondary N) is 1. The molecule has 2 aromatic carbocycles. The molecule has 0 saturated heterocycles. The van der Waals surface area contributed by atoms with Crippen LogP contribution in [0.25, 0.3) is 0 Å². The highest BCUT2D eigenvalue weighted by atomic mass is 32.2. The van der Waals surface area contributed by atoms with Crippen LogP contribution in [0.5, 0.6) is 0 Å². The molecule has 1 unspecified atom stereocenters. The largest absolute Gasteiger partial charge is 0.354 e. The van der Waals surface area contributed by atoms with Gasteiger partial charge < -0.3 is 10.2 Å². The van der Waals surface area contributed by atoms with Gasteiger partial charge in [-0.05, 0) is 23.5 Å². The zero-order chi connectivity index (χ0) is 21.1. The first-order chi connectivity index (χ1) is 14.0. The summed E-state index contributed by atoms with van der Waals surface area (Å²) in [5.41, 5.74) is 2.23. The first-order valence-electron chi connectivity index (χ1n) is 10.2. The molecule has 0 heterocycles. The lowest BCUT2D eigenvalue weighted by molar-refractivity contribution is -0.139. The van der Waals surface area contributed by atoms with Gasteiger partial charge in [-0.25, -0.2) is 0 Å². The van der Waals surface area contributed by atoms with Gasteiger partial charge in [-0.15, -0.1) is 11.8 Å². The van der Waals surface area contributed by atoms with Crippen molar-refractivity contribution < 1.29 is 9.59 Å². The lowest BCUT2D eigenvalue weighted by Gasteiger charge is -2.31. The Hall–Kier alpha value is -2.27. The van der Waals surface area contributed by atoms with Crippen LogP contribution in [0.15, 0.2) is 60.7 Å². The highest BCUT2D eigenvalue weighted by molar-refractivity contribution is 7.99. The summed E-state index contributed by atoms with van der Waals surface area (Å²) in [7, 11) is 0. The van der Waals surface area contributed by atoms with Crippen LogP contribution >= 0.6 is 11.8 Å². The van der Waals surface area contributed by atoms with Crippen molar-refractivity contribution in [3.05, 3.63) is 71.8 Å². The third-order valence-electron chi connectivity index (χ3n) is 4.60. The van der Waals surface area contributed by atoms with Gasteiger partial charge >= 0.3 is 0 Å². The molecule has 156 valence electrons. The van der Waals surface area contributed by atoms with E-state index < -0.39 is 6.04 Å². The molecule has 2 amide bonds. The Morgan fingerprint density at radius 2 is 1.55 bits per heavy atom. The van der Waals surface area contributed by atoms with Gasteiger partial charge in [0.1, 0.15) is 6.04 Å². The summed E-state index contributed by atoms with van der Waals surface area (Å²) < 4.78 is 0. The maximum Gasteiger partial charge on any atom is 0.242 e. The molecule has 0 aliphatic heterocycles. The minimum atomic E-state index is -0.459. The molecule has 1 atom stereocenters. The van der Waals surface area contributed by atoms with E-state index in [1.165, 1.54) is 5.56 Å². The van der Waals surface area contributed by atoms with E-state index in [-0.39, 0.29) is 11.8 Å². The summed E-state index contributed by atoms with van der Waals surface area (Å²) in [5, 5.41) is 3.00. The number of nitrogens with zero attached hydrogens (tertiary/aromatic N) is 1. The van der Waals surface area contributed by atoms with Crippen molar-refractivity contribution in [1.82, 2.24) is 10.2 Å². The number of carbonyl (C=O) groups is 2. The fraction of sp³-hybridized carbons (Fsp3) is 0.417. The third-order valence-corrected chi connectivity index (χ3v) is 5.59. The number of rotatable bonds is 11. The molecular weight excluding hydrogens is 380 g/mol. The van der Waals surface area contributed by atoms with E-state index in [1.807, 2.05) is 55.5 Å². The van der Waals surface area contributed by atoms with Crippen molar-refractivity contribution in [2.75, 3.05) is 12.3 Å². The number of carbonyl (C=O) groups excluding carboxylic acids is 2. The Kier molecular flexibility index (Phi) is 9.78. The van der Waals surface area contributed by atoms with E-state index in [2.05, 4.69) is 31.3 Å². The van der Waals surface area contributed by atoms with E-state index in [0.717, 1.165) is 11.3 Å². The average Bonchev–Trinajstić information content (AvgIpc) is 2.73. The maximum absolute atomic E-state index is 13.1. The van der Waals surface area contributed by atoms with E-state index in [0.29, 0.717) is 31.2 Å². The molecule has 0 spiro atoms. The molecule has 0 aliphatic rings. The van der Waals surface area contributed by atoms with Crippen LogP contribution in [0.1, 0.15) is 38.3 Å². The minimum absolute atomic E-state index is 0.00123. The van der Waals surface area contributed by atoms with Gasteiger partial charge in [-0.1, -0.05) is 81.4 Å². The molecule has 0 radical (unpaired) electrons. The summed E-state index contributed by atoms with van der Waals surface area (Å²) in [4.78, 5) is 27.6. The Bertz CT molecular complexity index is 750. The van der Waals surface area contributed by atoms with Gasteiger partial charge in [0.05, 0.1) is 5.75 Å². The molecule has 0 aromatic heterocycles. The Balaban J connectivity index is 2.07. The highest BCUT2D eigenvalue weighted by Gasteiger charge is 2.28. The zero-order valence-corrected chi connectivity index (χ0v) is 18.5. The van der Waals surface area contributed by atoms with Gasteiger partial charge in [-0.3, -0.25) is 9.59 Å². The predicted molar refractivity (Wildman–Crippen MR) is 122 cm³/mol. The van der Waals surface area contributed by atoms with Crippen molar-refractivity contribution in [3.63, 3.8) is 0 Å². The van der Waals surface area contributed by atoms with Crippen molar-refractivity contribution in [3.8, 4) is 0 Å². The Morgan fingerprint density at radius 1 is 0.966 bits per heavy atom. The molecule has 0 saturated carbocycles. The number of amides is 2. The molecule has 2 aromatic rings. The van der Waals surface area contributed by atoms with Crippen molar-refractivity contribution in [2.45, 2.75) is 45.5 Å². The molecule has 29 heavy (non-hydrogen) atoms. The van der Waals surface area contributed by atoms with E-state index >= 15 is 0 Å². The summed E-state index contributed by atoms with van der Waals surface area (Å²) in [6.07, 6.45) is 0.589. The lowest BCUT2D eigenvalue weighted by atomic mass is 10.1. The third kappa shape index (κ3) is 7.94. The van der Waals surface area contributed by atoms with Crippen LogP contribution in [0.3, 0.4) is 0 Å². The van der Waals surface area contributed by atoms with Crippen LogP contribution < -0.4 is 5.32 Å². The van der Waals surface area contributed by atoms with Crippen molar-refractivity contribution in [2.24, 2.45) is 5.92 Å². The summed E-state index contributed by atoms with van der Waals surface area (Å²) in [6.45, 7) is 7.15. The number of hydrogen-bond acceptors (Lipinski definition) is 3. The van der Waals surface area contributed by atoms with Gasteiger partial charge in [0.2, 0.25) is 11.8 Å². The molecule has 4 nitrogen and oxygen atoms in total. The first kappa shape index (κ1) is 23.0. The highest BCUT2D eigenvalue weighted by Crippen LogP contribution is 2.17. The molecule has 0 fully saturated rings. The second-order valence-electron chi connectivity index (χ2n) is 7.55. The Morgan fingerprint density at radius 3 is 2.10 bits per heavy atom. The van der Waals surface area contributed by atoms with E-state index in [9.17, 15) is 9.59 Å². The fourth-order valence-electron chi connectivity index (χ4n) is 3.04. The topological polar surface area (TPSA) is 49.4 Å². The van der Waals surface area contributed by atoms with Gasteiger partial charge in [0, 0.05) is 18.8 Å². The number of hydrogen-bond donors (Lipinski definition) is 1. The summed E-state index contributed by atoms with van der Waals surface area (Å²) in [6, 6.07) is 19.5. The standard InChI is InChI=1S/C24H32N2O2S/c1-4-22(24(28)25-15-19(2)3)26(16-20-11-7-5-8-12-20)23(27)18-29-17-21-13-9-6-10-14-21/h5-14,19,22H,4,15-18H2,1-3H3,(H,25,28). The second-order valence-corrected chi connectivity index (χ2v) is 8.53. The first-order valence-corrected chi connectivity index (χ1v) is 11.4. The Labute approximate surface area is 179 Å². The SMILES string of the molecule is CCC(C(=O)NCC(C)C)N(Cc1ccccc1)C(=O)CSCc1ccccc1. The summed E-state index contributed by atoms with van der Waals surface area (Å²) in [5.74, 6) is 1.44. The maximum atomic E-state index is 13.1. The monoisotopic (exact) mass is 412 g/mol. The predicted octanol–water partition coefficient (Wildman–Crippen LogP) is 4.50. The van der Waals surface area contributed by atoms with Crippen molar-refractivity contribution in [1.29, 1.82) is 0 Å². The molecule has 5 heteroatoms. The van der Waals surface area contributed by atoms with Gasteiger partial charge in [0.15, 0.2) is 0 Å². The molecule has 0 bridgehead atoms. The normalized spacial score (nSPS) is 11.9. The quantitative estimate of drug-likeness (QED) is 0.591. The van der Waals surface area contributed by atoms with Crippen LogP contribution in [0.4, 0.5) is 0 Å². The number of benzene rings is 2. The van der Waals surface area contributed by atoms with Crippen molar-refractivity contribution >= 4 is 23.6 Å². The van der Waals surface area contributed by atoms with Gasteiger partial charge in [0.25, 0.3) is 0 Å². The average molecular weight is 413 g/mol. The van der Waals surface area contributed by atoms with Gasteiger partial charge in [-0.2, -0.15) is 0 Å². The molecular formula is C24H32N2O2S. The van der Waals surface area contributed by atoms with Crippen LogP contribution in [-0.4, -0.2) is 35.1 Å². The van der Waals surface area contributed by atoms with Crippen LogP contribution in [0.2, 0.25) is 0 Å². The van der Waals surface area contributed by atoms with E-state index in [4.69, 9.17) is 0 Å². The zero-order valence-electron chi connectivity index (χ0n) is 17.6. The van der Waals surface area contributed by atoms with Crippen LogP contribution in [0, 0.1) is 5.92 Å². The summed E-state index contributed by atoms with van der Waals surface area (Å²) >= 11 is 1.59. The lowest BCUT2D eigenvalue weighted by Crippen LogP contribution is -2.50. The second kappa shape index (κ2) is 12.3. The molecule has 0 aliphatic carbocycles.